The molecule has 3 nitrogen and oxygen atoms in total. The SMILES string of the molecule is CCn1ncc(Cl)c1C(=O)c1cccc(C)c1I. The number of carbonyl (C=O) groups is 1. The molecule has 0 aliphatic heterocycles. The Hall–Kier alpha value is -0.880. The summed E-state index contributed by atoms with van der Waals surface area (Å²) in [6.07, 6.45) is 1.51. The maximum atomic E-state index is 12.5. The van der Waals surface area contributed by atoms with E-state index in [2.05, 4.69) is 27.7 Å². The third-order valence-corrected chi connectivity index (χ3v) is 4.45. The van der Waals surface area contributed by atoms with Crippen molar-refractivity contribution in [2.24, 2.45) is 0 Å². The van der Waals surface area contributed by atoms with Gasteiger partial charge in [0.05, 0.1) is 11.2 Å². The average molecular weight is 375 g/mol. The fourth-order valence-corrected chi connectivity index (χ4v) is 2.61. The van der Waals surface area contributed by atoms with Gasteiger partial charge in [-0.25, -0.2) is 0 Å². The second-order valence-electron chi connectivity index (χ2n) is 3.92. The largest absolute Gasteiger partial charge is 0.287 e. The van der Waals surface area contributed by atoms with Crippen molar-refractivity contribution in [1.82, 2.24) is 9.78 Å². The van der Waals surface area contributed by atoms with Crippen LogP contribution in [0, 0.1) is 10.5 Å². The van der Waals surface area contributed by atoms with E-state index in [0.717, 1.165) is 9.13 Å². The lowest BCUT2D eigenvalue weighted by Crippen LogP contribution is -2.12. The van der Waals surface area contributed by atoms with Gasteiger partial charge < -0.3 is 0 Å². The molecule has 0 spiro atoms. The van der Waals surface area contributed by atoms with Crippen molar-refractivity contribution in [3.8, 4) is 0 Å². The molecule has 18 heavy (non-hydrogen) atoms. The number of carbonyl (C=O) groups excluding carboxylic acids is 1. The van der Waals surface area contributed by atoms with Gasteiger partial charge in [-0.15, -0.1) is 0 Å². The Labute approximate surface area is 124 Å². The van der Waals surface area contributed by atoms with E-state index < -0.39 is 0 Å². The lowest BCUT2D eigenvalue weighted by atomic mass is 10.1. The van der Waals surface area contributed by atoms with E-state index >= 15 is 0 Å². The quantitative estimate of drug-likeness (QED) is 0.606. The van der Waals surface area contributed by atoms with Crippen LogP contribution in [0.25, 0.3) is 0 Å². The Balaban J connectivity index is 2.55. The van der Waals surface area contributed by atoms with Crippen LogP contribution in [-0.4, -0.2) is 15.6 Å². The molecule has 0 aliphatic rings. The minimum atomic E-state index is -0.0764. The predicted octanol–water partition coefficient (Wildman–Crippen LogP) is 3.70. The molecule has 2 rings (SSSR count). The van der Waals surface area contributed by atoms with Crippen LogP contribution in [0.5, 0.6) is 0 Å². The second-order valence-corrected chi connectivity index (χ2v) is 5.41. The topological polar surface area (TPSA) is 34.9 Å². The number of aryl methyl sites for hydroxylation is 2. The maximum Gasteiger partial charge on any atom is 0.213 e. The minimum Gasteiger partial charge on any atom is -0.287 e. The zero-order valence-corrected chi connectivity index (χ0v) is 13.0. The highest BCUT2D eigenvalue weighted by Gasteiger charge is 2.20. The standard InChI is InChI=1S/C13H12ClIN2O/c1-3-17-12(10(14)7-16-17)13(18)9-6-4-5-8(2)11(9)15/h4-7H,3H2,1-2H3. The van der Waals surface area contributed by atoms with Crippen LogP contribution in [0.15, 0.2) is 24.4 Å². The van der Waals surface area contributed by atoms with Crippen molar-refractivity contribution in [3.63, 3.8) is 0 Å². The summed E-state index contributed by atoms with van der Waals surface area (Å²) in [6, 6.07) is 5.68. The molecule has 0 N–H and O–H groups in total. The molecule has 0 amide bonds. The summed E-state index contributed by atoms with van der Waals surface area (Å²) in [5.41, 5.74) is 2.22. The van der Waals surface area contributed by atoms with Crippen LogP contribution in [-0.2, 0) is 6.54 Å². The van der Waals surface area contributed by atoms with Crippen LogP contribution < -0.4 is 0 Å². The van der Waals surface area contributed by atoms with Gasteiger partial charge in [0.15, 0.2) is 0 Å². The number of benzene rings is 1. The maximum absolute atomic E-state index is 12.5. The van der Waals surface area contributed by atoms with E-state index in [0.29, 0.717) is 22.8 Å². The van der Waals surface area contributed by atoms with Gasteiger partial charge in [-0.1, -0.05) is 23.7 Å². The number of aromatic nitrogens is 2. The molecule has 0 bridgehead atoms. The third kappa shape index (κ3) is 2.31. The summed E-state index contributed by atoms with van der Waals surface area (Å²) in [7, 11) is 0. The van der Waals surface area contributed by atoms with Crippen molar-refractivity contribution in [2.45, 2.75) is 20.4 Å². The van der Waals surface area contributed by atoms with Crippen molar-refractivity contribution >= 4 is 40.0 Å². The van der Waals surface area contributed by atoms with Gasteiger partial charge >= 0.3 is 0 Å². The second kappa shape index (κ2) is 5.40. The Morgan fingerprint density at radius 1 is 1.50 bits per heavy atom. The Morgan fingerprint density at radius 2 is 2.22 bits per heavy atom. The molecule has 0 saturated heterocycles. The fourth-order valence-electron chi connectivity index (χ4n) is 1.78. The molecule has 5 heteroatoms. The van der Waals surface area contributed by atoms with Crippen molar-refractivity contribution < 1.29 is 4.79 Å². The summed E-state index contributed by atoms with van der Waals surface area (Å²) >= 11 is 8.24. The van der Waals surface area contributed by atoms with Crippen molar-refractivity contribution in [1.29, 1.82) is 0 Å². The lowest BCUT2D eigenvalue weighted by molar-refractivity contribution is 0.102. The van der Waals surface area contributed by atoms with E-state index in [1.807, 2.05) is 32.0 Å². The molecule has 2 aromatic rings. The molecule has 0 fully saturated rings. The highest BCUT2D eigenvalue weighted by Crippen LogP contribution is 2.23. The highest BCUT2D eigenvalue weighted by atomic mass is 127. The Morgan fingerprint density at radius 3 is 2.89 bits per heavy atom. The van der Waals surface area contributed by atoms with E-state index in [4.69, 9.17) is 11.6 Å². The van der Waals surface area contributed by atoms with Gasteiger partial charge in [-0.3, -0.25) is 9.48 Å². The Bertz CT molecular complexity index is 607. The fraction of sp³-hybridized carbons (Fsp3) is 0.231. The van der Waals surface area contributed by atoms with Gasteiger partial charge in [0.2, 0.25) is 5.78 Å². The first-order chi connectivity index (χ1) is 8.56. The van der Waals surface area contributed by atoms with Crippen LogP contribution in [0.3, 0.4) is 0 Å². The molecule has 0 aliphatic carbocycles. The average Bonchev–Trinajstić information content (AvgIpc) is 2.73. The van der Waals surface area contributed by atoms with E-state index in [1.165, 1.54) is 6.20 Å². The number of hydrogen-bond donors (Lipinski definition) is 0. The van der Waals surface area contributed by atoms with Gasteiger partial charge in [0.1, 0.15) is 5.69 Å². The molecule has 1 aromatic carbocycles. The van der Waals surface area contributed by atoms with Crippen LogP contribution in [0.2, 0.25) is 5.02 Å². The summed E-state index contributed by atoms with van der Waals surface area (Å²) in [5, 5.41) is 4.50. The van der Waals surface area contributed by atoms with Crippen molar-refractivity contribution in [3.05, 3.63) is 49.8 Å². The van der Waals surface area contributed by atoms with Crippen LogP contribution in [0.4, 0.5) is 0 Å². The molecule has 1 aromatic heterocycles. The van der Waals surface area contributed by atoms with Crippen molar-refractivity contribution in [2.75, 3.05) is 0 Å². The molecular formula is C13H12ClIN2O. The molecule has 0 atom stereocenters. The summed E-state index contributed by atoms with van der Waals surface area (Å²) < 4.78 is 2.59. The number of rotatable bonds is 3. The lowest BCUT2D eigenvalue weighted by Gasteiger charge is -2.08. The highest BCUT2D eigenvalue weighted by molar-refractivity contribution is 14.1. The van der Waals surface area contributed by atoms with E-state index in [-0.39, 0.29) is 5.78 Å². The first kappa shape index (κ1) is 13.5. The summed E-state index contributed by atoms with van der Waals surface area (Å²) in [4.78, 5) is 12.5. The van der Waals surface area contributed by atoms with Gasteiger partial charge in [0.25, 0.3) is 0 Å². The molecule has 1 heterocycles. The number of hydrogen-bond acceptors (Lipinski definition) is 2. The van der Waals surface area contributed by atoms with Crippen LogP contribution in [0.1, 0.15) is 28.5 Å². The third-order valence-electron chi connectivity index (χ3n) is 2.75. The Kier molecular flexibility index (Phi) is 4.07. The first-order valence-electron chi connectivity index (χ1n) is 5.57. The molecule has 0 saturated carbocycles. The monoisotopic (exact) mass is 374 g/mol. The number of nitrogens with zero attached hydrogens (tertiary/aromatic N) is 2. The zero-order chi connectivity index (χ0) is 13.3. The van der Waals surface area contributed by atoms with Gasteiger partial charge in [-0.05, 0) is 48.1 Å². The van der Waals surface area contributed by atoms with E-state index in [1.54, 1.807) is 4.68 Å². The predicted molar refractivity (Wildman–Crippen MR) is 80.2 cm³/mol. The summed E-state index contributed by atoms with van der Waals surface area (Å²) in [6.45, 7) is 4.54. The summed E-state index contributed by atoms with van der Waals surface area (Å²) in [5.74, 6) is -0.0764. The smallest absolute Gasteiger partial charge is 0.213 e. The van der Waals surface area contributed by atoms with Gasteiger partial charge in [-0.2, -0.15) is 5.10 Å². The zero-order valence-electron chi connectivity index (χ0n) is 10.1. The molecular weight excluding hydrogens is 363 g/mol. The van der Waals surface area contributed by atoms with Crippen LogP contribution >= 0.6 is 34.2 Å². The molecule has 0 radical (unpaired) electrons. The normalized spacial score (nSPS) is 10.7. The van der Waals surface area contributed by atoms with Gasteiger partial charge in [0, 0.05) is 15.7 Å². The number of ketones is 1. The molecule has 94 valence electrons. The first-order valence-corrected chi connectivity index (χ1v) is 7.03. The van der Waals surface area contributed by atoms with E-state index in [9.17, 15) is 4.79 Å². The minimum absolute atomic E-state index is 0.0764. The number of halogens is 2. The molecule has 0 unspecified atom stereocenters.